The third kappa shape index (κ3) is 2.73. The Hall–Kier alpha value is -0.890. The van der Waals surface area contributed by atoms with E-state index in [9.17, 15) is 4.79 Å². The summed E-state index contributed by atoms with van der Waals surface area (Å²) in [5.41, 5.74) is 0.556. The number of hydrogen-bond donors (Lipinski definition) is 1. The molecule has 1 aromatic rings. The zero-order chi connectivity index (χ0) is 16.6. The summed E-state index contributed by atoms with van der Waals surface area (Å²) in [6.45, 7) is 4.19. The Kier molecular flexibility index (Phi) is 4.83. The highest BCUT2D eigenvalue weighted by Gasteiger charge is 2.50. The summed E-state index contributed by atoms with van der Waals surface area (Å²) in [5, 5.41) is 3.60. The Labute approximate surface area is 144 Å². The lowest BCUT2D eigenvalue weighted by molar-refractivity contribution is -0.146. The molecular weight excluding hydrogens is 364 g/mol. The second kappa shape index (κ2) is 6.55. The van der Waals surface area contributed by atoms with Crippen LogP contribution >= 0.6 is 15.9 Å². The summed E-state index contributed by atoms with van der Waals surface area (Å²) in [6, 6.07) is 0.282. The molecule has 0 amide bonds. The average Bonchev–Trinajstić information content (AvgIpc) is 2.53. The van der Waals surface area contributed by atoms with E-state index in [1.165, 1.54) is 7.11 Å². The maximum absolute atomic E-state index is 12.5. The van der Waals surface area contributed by atoms with Crippen molar-refractivity contribution >= 4 is 15.9 Å². The van der Waals surface area contributed by atoms with Crippen molar-refractivity contribution in [3.63, 3.8) is 0 Å². The first-order valence-corrected chi connectivity index (χ1v) is 8.63. The van der Waals surface area contributed by atoms with Crippen LogP contribution in [0.3, 0.4) is 0 Å². The summed E-state index contributed by atoms with van der Waals surface area (Å²) in [5.74, 6) is 0.353. The largest absolute Gasteiger partial charge is 0.491 e. The minimum atomic E-state index is -0.259. The van der Waals surface area contributed by atoms with Crippen molar-refractivity contribution in [1.29, 1.82) is 0 Å². The minimum Gasteiger partial charge on any atom is -0.491 e. The zero-order valence-electron chi connectivity index (χ0n) is 13.7. The number of nitrogens with one attached hydrogen (secondary N) is 1. The predicted molar refractivity (Wildman–Crippen MR) is 89.8 cm³/mol. The molecule has 0 aromatic carbocycles. The molecule has 0 bridgehead atoms. The number of methoxy groups -OCH3 is 2. The third-order valence-corrected chi connectivity index (χ3v) is 5.66. The second-order valence-corrected chi connectivity index (χ2v) is 7.30. The standard InChI is InChI=1S/C16H23BrN2O4/c1-16-5-4-6-18-11(16)8-19-7-10(17)13(20)14(22-3)12(19)15(16)23-9-21-2/h7,11,15,18H,4-6,8-9H2,1-3H3. The lowest BCUT2D eigenvalue weighted by Gasteiger charge is -2.51. The summed E-state index contributed by atoms with van der Waals surface area (Å²) in [4.78, 5) is 12.5. The van der Waals surface area contributed by atoms with Gasteiger partial charge < -0.3 is 24.1 Å². The fraction of sp³-hybridized carbons (Fsp3) is 0.688. The fourth-order valence-electron chi connectivity index (χ4n) is 3.89. The number of piperidine rings is 1. The monoisotopic (exact) mass is 386 g/mol. The molecule has 2 aliphatic heterocycles. The van der Waals surface area contributed by atoms with Gasteiger partial charge in [0.1, 0.15) is 12.9 Å². The summed E-state index contributed by atoms with van der Waals surface area (Å²) in [7, 11) is 3.14. The number of aromatic nitrogens is 1. The van der Waals surface area contributed by atoms with Crippen LogP contribution in [0.4, 0.5) is 0 Å². The molecule has 2 aliphatic rings. The molecule has 1 fully saturated rings. The van der Waals surface area contributed by atoms with Crippen molar-refractivity contribution in [2.24, 2.45) is 5.41 Å². The van der Waals surface area contributed by atoms with Gasteiger partial charge in [0.2, 0.25) is 5.43 Å². The van der Waals surface area contributed by atoms with Crippen molar-refractivity contribution in [2.75, 3.05) is 27.6 Å². The molecule has 7 heteroatoms. The molecule has 1 N–H and O–H groups in total. The first-order chi connectivity index (χ1) is 11.0. The number of rotatable bonds is 4. The van der Waals surface area contributed by atoms with Gasteiger partial charge in [-0.05, 0) is 35.3 Å². The molecule has 23 heavy (non-hydrogen) atoms. The summed E-state index contributed by atoms with van der Waals surface area (Å²) in [6.07, 6.45) is 3.69. The second-order valence-electron chi connectivity index (χ2n) is 6.45. The quantitative estimate of drug-likeness (QED) is 0.802. The van der Waals surface area contributed by atoms with Gasteiger partial charge >= 0.3 is 0 Å². The Balaban J connectivity index is 2.17. The van der Waals surface area contributed by atoms with Gasteiger partial charge in [0.25, 0.3) is 0 Å². The van der Waals surface area contributed by atoms with E-state index in [1.807, 2.05) is 6.20 Å². The van der Waals surface area contributed by atoms with Gasteiger partial charge in [0, 0.05) is 31.3 Å². The fourth-order valence-corrected chi connectivity index (χ4v) is 4.32. The van der Waals surface area contributed by atoms with Crippen LogP contribution < -0.4 is 15.5 Å². The van der Waals surface area contributed by atoms with Crippen molar-refractivity contribution in [3.8, 4) is 5.75 Å². The van der Waals surface area contributed by atoms with Crippen molar-refractivity contribution in [2.45, 2.75) is 38.5 Å². The number of ether oxygens (including phenoxy) is 3. The lowest BCUT2D eigenvalue weighted by atomic mass is 9.68. The van der Waals surface area contributed by atoms with Gasteiger partial charge in [-0.15, -0.1) is 0 Å². The molecule has 6 nitrogen and oxygen atoms in total. The first kappa shape index (κ1) is 17.0. The average molecular weight is 387 g/mol. The number of halogens is 1. The smallest absolute Gasteiger partial charge is 0.237 e. The van der Waals surface area contributed by atoms with E-state index in [4.69, 9.17) is 14.2 Å². The van der Waals surface area contributed by atoms with Crippen molar-refractivity contribution < 1.29 is 14.2 Å². The molecule has 0 saturated carbocycles. The van der Waals surface area contributed by atoms with E-state index in [2.05, 4.69) is 32.7 Å². The van der Waals surface area contributed by atoms with Gasteiger partial charge in [-0.1, -0.05) is 6.92 Å². The number of nitrogens with zero attached hydrogens (tertiary/aromatic N) is 1. The van der Waals surface area contributed by atoms with Crippen molar-refractivity contribution in [1.82, 2.24) is 9.88 Å². The molecule has 128 valence electrons. The molecule has 0 spiro atoms. The first-order valence-electron chi connectivity index (χ1n) is 7.83. The molecule has 3 heterocycles. The highest BCUT2D eigenvalue weighted by Crippen LogP contribution is 2.50. The van der Waals surface area contributed by atoms with Crippen LogP contribution in [0.1, 0.15) is 31.6 Å². The third-order valence-electron chi connectivity index (χ3n) is 5.10. The van der Waals surface area contributed by atoms with Crippen LogP contribution in [0.15, 0.2) is 15.5 Å². The van der Waals surface area contributed by atoms with Crippen LogP contribution in [0.2, 0.25) is 0 Å². The highest BCUT2D eigenvalue weighted by atomic mass is 79.9. The number of hydrogen-bond acceptors (Lipinski definition) is 5. The Morgan fingerprint density at radius 2 is 2.26 bits per heavy atom. The summed E-state index contributed by atoms with van der Waals surface area (Å²) >= 11 is 3.34. The molecule has 3 unspecified atom stereocenters. The number of fused-ring (bicyclic) bond motifs is 2. The molecule has 3 rings (SSSR count). The molecule has 0 radical (unpaired) electrons. The summed E-state index contributed by atoms with van der Waals surface area (Å²) < 4.78 is 19.2. The maximum atomic E-state index is 12.5. The Morgan fingerprint density at radius 3 is 2.96 bits per heavy atom. The highest BCUT2D eigenvalue weighted by molar-refractivity contribution is 9.10. The van der Waals surface area contributed by atoms with E-state index in [0.29, 0.717) is 10.2 Å². The van der Waals surface area contributed by atoms with E-state index in [-0.39, 0.29) is 29.8 Å². The molecule has 0 aliphatic carbocycles. The van der Waals surface area contributed by atoms with E-state index in [1.54, 1.807) is 7.11 Å². The molecular formula is C16H23BrN2O4. The van der Waals surface area contributed by atoms with Gasteiger partial charge in [0.05, 0.1) is 17.3 Å². The van der Waals surface area contributed by atoms with Gasteiger partial charge in [0.15, 0.2) is 5.75 Å². The topological polar surface area (TPSA) is 61.7 Å². The predicted octanol–water partition coefficient (Wildman–Crippen LogP) is 2.05. The van der Waals surface area contributed by atoms with Crippen LogP contribution in [-0.2, 0) is 16.0 Å². The molecule has 1 saturated heterocycles. The van der Waals surface area contributed by atoms with Crippen molar-refractivity contribution in [3.05, 3.63) is 26.6 Å². The molecule has 3 atom stereocenters. The molecule has 1 aromatic heterocycles. The normalized spacial score (nSPS) is 29.7. The lowest BCUT2D eigenvalue weighted by Crippen LogP contribution is -2.57. The maximum Gasteiger partial charge on any atom is 0.237 e. The van der Waals surface area contributed by atoms with Crippen LogP contribution in [0.25, 0.3) is 0 Å². The Morgan fingerprint density at radius 1 is 1.48 bits per heavy atom. The number of pyridine rings is 1. The van der Waals surface area contributed by atoms with Gasteiger partial charge in [-0.2, -0.15) is 0 Å². The van der Waals surface area contributed by atoms with Gasteiger partial charge in [-0.25, -0.2) is 0 Å². The Bertz CT molecular complexity index is 648. The van der Waals surface area contributed by atoms with Gasteiger partial charge in [-0.3, -0.25) is 4.79 Å². The van der Waals surface area contributed by atoms with E-state index in [0.717, 1.165) is 31.6 Å². The van der Waals surface area contributed by atoms with Crippen LogP contribution in [0, 0.1) is 5.41 Å². The van der Waals surface area contributed by atoms with E-state index < -0.39 is 0 Å². The van der Waals surface area contributed by atoms with Crippen LogP contribution in [-0.4, -0.2) is 38.2 Å². The minimum absolute atomic E-state index is 0.107. The zero-order valence-corrected chi connectivity index (χ0v) is 15.3. The van der Waals surface area contributed by atoms with Crippen LogP contribution in [0.5, 0.6) is 5.75 Å². The van der Waals surface area contributed by atoms with E-state index >= 15 is 0 Å². The SMILES string of the molecule is COCOC1c2c(OC)c(=O)c(Br)cn2CC2NCCCC21C.